The predicted molar refractivity (Wildman–Crippen MR) is 96.5 cm³/mol. The van der Waals surface area contributed by atoms with Gasteiger partial charge in [0.15, 0.2) is 11.5 Å². The first-order valence-electron chi connectivity index (χ1n) is 7.96. The molecule has 0 aliphatic rings. The number of para-hydroxylation sites is 1. The van der Waals surface area contributed by atoms with Crippen LogP contribution in [0, 0.1) is 0 Å². The molecule has 2 N–H and O–H groups in total. The highest BCUT2D eigenvalue weighted by Gasteiger charge is 2.33. The van der Waals surface area contributed by atoms with Crippen molar-refractivity contribution in [3.63, 3.8) is 0 Å². The minimum Gasteiger partial charge on any atom is -0.493 e. The molecule has 2 aromatic carbocycles. The fraction of sp³-hybridized carbons (Fsp3) is 0.278. The van der Waals surface area contributed by atoms with E-state index in [4.69, 9.17) is 21.1 Å². The quantitative estimate of drug-likeness (QED) is 0.707. The summed E-state index contributed by atoms with van der Waals surface area (Å²) in [5, 5.41) is 4.99. The maximum absolute atomic E-state index is 13.0. The van der Waals surface area contributed by atoms with E-state index in [0.717, 1.165) is 6.07 Å². The van der Waals surface area contributed by atoms with Crippen molar-refractivity contribution in [3.05, 3.63) is 52.5 Å². The first-order chi connectivity index (χ1) is 12.8. The van der Waals surface area contributed by atoms with Crippen LogP contribution in [0.15, 0.2) is 36.4 Å². The molecule has 2 amide bonds. The molecule has 0 unspecified atom stereocenters. The number of halogens is 4. The monoisotopic (exact) mass is 402 g/mol. The van der Waals surface area contributed by atoms with Crippen LogP contribution in [-0.2, 0) is 12.7 Å². The molecule has 146 valence electrons. The molecule has 0 aliphatic carbocycles. The molecule has 0 bridgehead atoms. The Morgan fingerprint density at radius 1 is 1.22 bits per heavy atom. The third-order valence-corrected chi connectivity index (χ3v) is 3.79. The summed E-state index contributed by atoms with van der Waals surface area (Å²) in [4.78, 5) is 12.0. The molecule has 2 rings (SSSR count). The van der Waals surface area contributed by atoms with Gasteiger partial charge in [-0.05, 0) is 36.8 Å². The second kappa shape index (κ2) is 8.85. The molecule has 0 aliphatic heterocycles. The molecule has 5 nitrogen and oxygen atoms in total. The number of ether oxygens (including phenoxy) is 2. The van der Waals surface area contributed by atoms with E-state index in [1.165, 1.54) is 25.3 Å². The normalized spacial score (nSPS) is 11.0. The first kappa shape index (κ1) is 20.7. The summed E-state index contributed by atoms with van der Waals surface area (Å²) < 4.78 is 49.5. The van der Waals surface area contributed by atoms with Crippen molar-refractivity contribution in [2.24, 2.45) is 0 Å². The van der Waals surface area contributed by atoms with Gasteiger partial charge < -0.3 is 20.1 Å². The Morgan fingerprint density at radius 2 is 1.93 bits per heavy atom. The van der Waals surface area contributed by atoms with Crippen LogP contribution in [-0.4, -0.2) is 19.7 Å². The van der Waals surface area contributed by atoms with Crippen molar-refractivity contribution in [1.29, 1.82) is 0 Å². The highest BCUT2D eigenvalue weighted by molar-refractivity contribution is 6.32. The Bertz CT molecular complexity index is 813. The summed E-state index contributed by atoms with van der Waals surface area (Å²) in [6.07, 6.45) is -4.57. The van der Waals surface area contributed by atoms with Crippen molar-refractivity contribution in [2.75, 3.05) is 19.0 Å². The maximum atomic E-state index is 13.0. The van der Waals surface area contributed by atoms with E-state index >= 15 is 0 Å². The van der Waals surface area contributed by atoms with Crippen LogP contribution >= 0.6 is 11.6 Å². The molecule has 0 radical (unpaired) electrons. The zero-order valence-electron chi connectivity index (χ0n) is 14.6. The van der Waals surface area contributed by atoms with Gasteiger partial charge in [0.05, 0.1) is 30.0 Å². The van der Waals surface area contributed by atoms with Gasteiger partial charge in [0.1, 0.15) is 0 Å². The summed E-state index contributed by atoms with van der Waals surface area (Å²) >= 11 is 6.15. The number of nitrogens with one attached hydrogen (secondary N) is 2. The molecular weight excluding hydrogens is 385 g/mol. The van der Waals surface area contributed by atoms with Gasteiger partial charge in [0.2, 0.25) is 0 Å². The van der Waals surface area contributed by atoms with Gasteiger partial charge >= 0.3 is 12.2 Å². The lowest BCUT2D eigenvalue weighted by Gasteiger charge is -2.15. The molecule has 0 saturated carbocycles. The van der Waals surface area contributed by atoms with E-state index in [1.807, 2.05) is 0 Å². The van der Waals surface area contributed by atoms with E-state index in [-0.39, 0.29) is 12.2 Å². The molecule has 27 heavy (non-hydrogen) atoms. The zero-order chi connectivity index (χ0) is 20.0. The van der Waals surface area contributed by atoms with Crippen molar-refractivity contribution in [2.45, 2.75) is 19.6 Å². The Morgan fingerprint density at radius 3 is 2.56 bits per heavy atom. The molecule has 9 heteroatoms. The SMILES string of the molecule is CCOc1c(Cl)cc(CNC(=O)Nc2ccccc2C(F)(F)F)cc1OC. The number of amides is 2. The molecule has 0 fully saturated rings. The third kappa shape index (κ3) is 5.43. The lowest BCUT2D eigenvalue weighted by Crippen LogP contribution is -2.29. The van der Waals surface area contributed by atoms with E-state index in [2.05, 4.69) is 10.6 Å². The van der Waals surface area contributed by atoms with Crippen LogP contribution in [0.4, 0.5) is 23.7 Å². The molecule has 0 saturated heterocycles. The van der Waals surface area contributed by atoms with E-state index < -0.39 is 17.8 Å². The lowest BCUT2D eigenvalue weighted by atomic mass is 10.1. The number of rotatable bonds is 6. The molecule has 0 heterocycles. The number of hydrogen-bond acceptors (Lipinski definition) is 3. The average Bonchev–Trinajstić information content (AvgIpc) is 2.61. The van der Waals surface area contributed by atoms with Crippen molar-refractivity contribution in [1.82, 2.24) is 5.32 Å². The summed E-state index contributed by atoms with van der Waals surface area (Å²) in [5.41, 5.74) is -0.657. The minimum absolute atomic E-state index is 0.0303. The van der Waals surface area contributed by atoms with Gasteiger partial charge in [0, 0.05) is 6.54 Å². The number of hydrogen-bond donors (Lipinski definition) is 2. The minimum atomic E-state index is -4.57. The number of anilines is 1. The predicted octanol–water partition coefficient (Wildman–Crippen LogP) is 5.09. The van der Waals surface area contributed by atoms with Crippen LogP contribution in [0.2, 0.25) is 5.02 Å². The van der Waals surface area contributed by atoms with Crippen LogP contribution < -0.4 is 20.1 Å². The fourth-order valence-corrected chi connectivity index (χ4v) is 2.64. The van der Waals surface area contributed by atoms with Gasteiger partial charge in [0.25, 0.3) is 0 Å². The van der Waals surface area contributed by atoms with Gasteiger partial charge in [-0.3, -0.25) is 0 Å². The molecule has 0 spiro atoms. The number of methoxy groups -OCH3 is 1. The number of benzene rings is 2. The lowest BCUT2D eigenvalue weighted by molar-refractivity contribution is -0.136. The van der Waals surface area contributed by atoms with Crippen LogP contribution in [0.1, 0.15) is 18.1 Å². The van der Waals surface area contributed by atoms with E-state index in [9.17, 15) is 18.0 Å². The smallest absolute Gasteiger partial charge is 0.418 e. The van der Waals surface area contributed by atoms with Gasteiger partial charge in [-0.1, -0.05) is 23.7 Å². The van der Waals surface area contributed by atoms with E-state index in [1.54, 1.807) is 19.1 Å². The Balaban J connectivity index is 2.08. The fourth-order valence-electron chi connectivity index (χ4n) is 2.35. The second-order valence-electron chi connectivity index (χ2n) is 5.39. The average molecular weight is 403 g/mol. The number of carbonyl (C=O) groups is 1. The number of urea groups is 1. The van der Waals surface area contributed by atoms with Crippen molar-refractivity contribution < 1.29 is 27.4 Å². The standard InChI is InChI=1S/C18H18ClF3N2O3/c1-3-27-16-13(19)8-11(9-15(16)26-2)10-23-17(25)24-14-7-5-4-6-12(14)18(20,21)22/h4-9H,3,10H2,1-2H3,(H2,23,24,25). The third-order valence-electron chi connectivity index (χ3n) is 3.51. The summed E-state index contributed by atoms with van der Waals surface area (Å²) in [6.45, 7) is 2.23. The van der Waals surface area contributed by atoms with Crippen LogP contribution in [0.5, 0.6) is 11.5 Å². The zero-order valence-corrected chi connectivity index (χ0v) is 15.4. The first-order valence-corrected chi connectivity index (χ1v) is 8.34. The van der Waals surface area contributed by atoms with E-state index in [0.29, 0.717) is 28.7 Å². The summed E-state index contributed by atoms with van der Waals surface area (Å²) in [5.74, 6) is 0.776. The van der Waals surface area contributed by atoms with Gasteiger partial charge in [-0.15, -0.1) is 0 Å². The second-order valence-corrected chi connectivity index (χ2v) is 5.80. The molecular formula is C18H18ClF3N2O3. The highest BCUT2D eigenvalue weighted by Crippen LogP contribution is 2.36. The van der Waals surface area contributed by atoms with Crippen molar-refractivity contribution in [3.8, 4) is 11.5 Å². The van der Waals surface area contributed by atoms with Crippen molar-refractivity contribution >= 4 is 23.3 Å². The largest absolute Gasteiger partial charge is 0.493 e. The highest BCUT2D eigenvalue weighted by atomic mass is 35.5. The Hall–Kier alpha value is -2.61. The molecule has 2 aromatic rings. The van der Waals surface area contributed by atoms with Crippen LogP contribution in [0.3, 0.4) is 0 Å². The topological polar surface area (TPSA) is 59.6 Å². The number of alkyl halides is 3. The molecule has 0 atom stereocenters. The Labute approximate surface area is 159 Å². The van der Waals surface area contributed by atoms with Gasteiger partial charge in [-0.25, -0.2) is 4.79 Å². The summed E-state index contributed by atoms with van der Waals surface area (Å²) in [7, 11) is 1.45. The van der Waals surface area contributed by atoms with Crippen LogP contribution in [0.25, 0.3) is 0 Å². The number of carbonyl (C=O) groups excluding carboxylic acids is 1. The van der Waals surface area contributed by atoms with Gasteiger partial charge in [-0.2, -0.15) is 13.2 Å². The summed E-state index contributed by atoms with van der Waals surface area (Å²) in [6, 6.07) is 7.16. The maximum Gasteiger partial charge on any atom is 0.418 e. The molecule has 0 aromatic heterocycles. The Kier molecular flexibility index (Phi) is 6.79.